The highest BCUT2D eigenvalue weighted by atomic mass is 16.4. The molecule has 106 valence electrons. The van der Waals surface area contributed by atoms with Crippen molar-refractivity contribution in [3.63, 3.8) is 0 Å². The fraction of sp³-hybridized carbons (Fsp3) is 0.538. The van der Waals surface area contributed by atoms with Gasteiger partial charge in [-0.2, -0.15) is 0 Å². The predicted octanol–water partition coefficient (Wildman–Crippen LogP) is 2.36. The van der Waals surface area contributed by atoms with E-state index < -0.39 is 5.97 Å². The van der Waals surface area contributed by atoms with Crippen molar-refractivity contribution in [3.8, 4) is 0 Å². The second kappa shape index (κ2) is 8.18. The molecule has 0 aliphatic carbocycles. The maximum atomic E-state index is 11.4. The van der Waals surface area contributed by atoms with Gasteiger partial charge in [-0.1, -0.05) is 26.2 Å². The van der Waals surface area contributed by atoms with Gasteiger partial charge in [-0.3, -0.25) is 0 Å². The highest BCUT2D eigenvalue weighted by molar-refractivity contribution is 5.84. The Morgan fingerprint density at radius 3 is 2.63 bits per heavy atom. The van der Waals surface area contributed by atoms with Gasteiger partial charge in [-0.25, -0.2) is 9.59 Å². The van der Waals surface area contributed by atoms with Gasteiger partial charge in [-0.15, -0.1) is 0 Å². The van der Waals surface area contributed by atoms with Crippen LogP contribution in [-0.4, -0.2) is 23.7 Å². The molecule has 6 nitrogen and oxygen atoms in total. The minimum absolute atomic E-state index is 0.128. The summed E-state index contributed by atoms with van der Waals surface area (Å²) in [5.41, 5.74) is 0. The molecule has 0 aliphatic heterocycles. The fourth-order valence-electron chi connectivity index (χ4n) is 1.57. The molecule has 0 spiro atoms. The molecule has 0 bridgehead atoms. The summed E-state index contributed by atoms with van der Waals surface area (Å²) in [6.45, 7) is 2.95. The van der Waals surface area contributed by atoms with Crippen molar-refractivity contribution >= 4 is 12.0 Å². The minimum atomic E-state index is -1.12. The van der Waals surface area contributed by atoms with Gasteiger partial charge in [0.2, 0.25) is 5.76 Å². The van der Waals surface area contributed by atoms with E-state index in [0.29, 0.717) is 12.3 Å². The molecule has 6 heteroatoms. The van der Waals surface area contributed by atoms with Gasteiger partial charge in [0.25, 0.3) is 0 Å². The van der Waals surface area contributed by atoms with E-state index in [9.17, 15) is 9.59 Å². The predicted molar refractivity (Wildman–Crippen MR) is 70.0 cm³/mol. The van der Waals surface area contributed by atoms with Crippen LogP contribution in [0.1, 0.15) is 48.9 Å². The number of amides is 2. The van der Waals surface area contributed by atoms with Crippen molar-refractivity contribution in [3.05, 3.63) is 23.7 Å². The third-order valence-corrected chi connectivity index (χ3v) is 2.61. The summed E-state index contributed by atoms with van der Waals surface area (Å²) in [6.07, 6.45) is 4.41. The zero-order valence-electron chi connectivity index (χ0n) is 11.1. The summed E-state index contributed by atoms with van der Waals surface area (Å²) in [4.78, 5) is 22.0. The van der Waals surface area contributed by atoms with Crippen molar-refractivity contribution in [1.82, 2.24) is 10.6 Å². The van der Waals surface area contributed by atoms with Crippen LogP contribution in [0.4, 0.5) is 4.79 Å². The monoisotopic (exact) mass is 268 g/mol. The molecule has 0 aromatic carbocycles. The number of carboxylic acid groups (broad SMARTS) is 1. The molecule has 0 fully saturated rings. The molecule has 1 aromatic heterocycles. The molecule has 0 saturated carbocycles. The molecule has 0 atom stereocenters. The van der Waals surface area contributed by atoms with E-state index in [1.165, 1.54) is 18.6 Å². The Hall–Kier alpha value is -1.98. The van der Waals surface area contributed by atoms with Gasteiger partial charge in [0.05, 0.1) is 6.54 Å². The lowest BCUT2D eigenvalue weighted by molar-refractivity contribution is 0.0660. The second-order valence-electron chi connectivity index (χ2n) is 4.24. The molecule has 0 aliphatic rings. The molecular formula is C13H20N2O4. The Bertz CT molecular complexity index is 415. The number of urea groups is 1. The van der Waals surface area contributed by atoms with Crippen LogP contribution in [0.25, 0.3) is 0 Å². The molecule has 1 aromatic rings. The van der Waals surface area contributed by atoms with Crippen LogP contribution in [-0.2, 0) is 6.54 Å². The number of hydrogen-bond acceptors (Lipinski definition) is 3. The minimum Gasteiger partial charge on any atom is -0.475 e. The van der Waals surface area contributed by atoms with Crippen LogP contribution in [0.15, 0.2) is 16.5 Å². The molecule has 0 saturated heterocycles. The molecule has 1 heterocycles. The van der Waals surface area contributed by atoms with E-state index in [2.05, 4.69) is 17.6 Å². The lowest BCUT2D eigenvalue weighted by atomic mass is 10.2. The molecule has 1 rings (SSSR count). The number of carbonyl (C=O) groups is 2. The highest BCUT2D eigenvalue weighted by Crippen LogP contribution is 2.07. The van der Waals surface area contributed by atoms with Gasteiger partial charge in [0.15, 0.2) is 0 Å². The Balaban J connectivity index is 2.17. The SMILES string of the molecule is CCCCCCNC(=O)NCc1ccc(C(=O)O)o1. The summed E-state index contributed by atoms with van der Waals surface area (Å²) in [7, 11) is 0. The van der Waals surface area contributed by atoms with Crippen LogP contribution in [0.5, 0.6) is 0 Å². The molecule has 19 heavy (non-hydrogen) atoms. The zero-order valence-corrected chi connectivity index (χ0v) is 11.1. The number of hydrogen-bond donors (Lipinski definition) is 3. The first-order chi connectivity index (χ1) is 9.13. The fourth-order valence-corrected chi connectivity index (χ4v) is 1.57. The zero-order chi connectivity index (χ0) is 14.1. The van der Waals surface area contributed by atoms with Crippen LogP contribution < -0.4 is 10.6 Å². The molecule has 2 amide bonds. The second-order valence-corrected chi connectivity index (χ2v) is 4.24. The van der Waals surface area contributed by atoms with Crippen molar-refractivity contribution in [1.29, 1.82) is 0 Å². The smallest absolute Gasteiger partial charge is 0.371 e. The molecular weight excluding hydrogens is 248 g/mol. The topological polar surface area (TPSA) is 91.6 Å². The summed E-state index contributed by atoms with van der Waals surface area (Å²) < 4.78 is 5.01. The van der Waals surface area contributed by atoms with Crippen LogP contribution in [0.3, 0.4) is 0 Å². The van der Waals surface area contributed by atoms with Gasteiger partial charge >= 0.3 is 12.0 Å². The normalized spacial score (nSPS) is 10.2. The summed E-state index contributed by atoms with van der Waals surface area (Å²) in [6, 6.07) is 2.62. The third kappa shape index (κ3) is 5.94. The van der Waals surface area contributed by atoms with Gasteiger partial charge in [0.1, 0.15) is 5.76 Å². The van der Waals surface area contributed by atoms with E-state index in [4.69, 9.17) is 9.52 Å². The molecule has 0 unspecified atom stereocenters. The van der Waals surface area contributed by atoms with Crippen molar-refractivity contribution in [2.75, 3.05) is 6.54 Å². The summed E-state index contributed by atoms with van der Waals surface area (Å²) in [5.74, 6) is -0.832. The van der Waals surface area contributed by atoms with E-state index in [-0.39, 0.29) is 18.3 Å². The number of carboxylic acids is 1. The average Bonchev–Trinajstić information content (AvgIpc) is 2.85. The third-order valence-electron chi connectivity index (χ3n) is 2.61. The first kappa shape index (κ1) is 15.1. The number of aromatic carboxylic acids is 1. The molecule has 3 N–H and O–H groups in total. The first-order valence-electron chi connectivity index (χ1n) is 6.47. The van der Waals surface area contributed by atoms with E-state index in [0.717, 1.165) is 19.3 Å². The number of rotatable bonds is 8. The Kier molecular flexibility index (Phi) is 6.49. The van der Waals surface area contributed by atoms with E-state index in [1.54, 1.807) is 0 Å². The summed E-state index contributed by atoms with van der Waals surface area (Å²) >= 11 is 0. The van der Waals surface area contributed by atoms with Crippen LogP contribution in [0, 0.1) is 0 Å². The maximum absolute atomic E-state index is 11.4. The Morgan fingerprint density at radius 1 is 1.21 bits per heavy atom. The van der Waals surface area contributed by atoms with Crippen molar-refractivity contribution in [2.45, 2.75) is 39.2 Å². The lowest BCUT2D eigenvalue weighted by Crippen LogP contribution is -2.35. The molecule has 0 radical (unpaired) electrons. The Labute approximate surface area is 112 Å². The summed E-state index contributed by atoms with van der Waals surface area (Å²) in [5, 5.41) is 14.0. The van der Waals surface area contributed by atoms with Gasteiger partial charge in [-0.05, 0) is 18.6 Å². The Morgan fingerprint density at radius 2 is 2.00 bits per heavy atom. The maximum Gasteiger partial charge on any atom is 0.371 e. The number of furan rings is 1. The standard InChI is InChI=1S/C13H20N2O4/c1-2-3-4-5-8-14-13(18)15-9-10-6-7-11(19-10)12(16)17/h6-7H,2-5,8-9H2,1H3,(H,16,17)(H2,14,15,18). The lowest BCUT2D eigenvalue weighted by Gasteiger charge is -2.06. The van der Waals surface area contributed by atoms with Crippen LogP contribution >= 0.6 is 0 Å². The van der Waals surface area contributed by atoms with Crippen molar-refractivity contribution < 1.29 is 19.1 Å². The largest absolute Gasteiger partial charge is 0.475 e. The first-order valence-corrected chi connectivity index (χ1v) is 6.47. The van der Waals surface area contributed by atoms with Gasteiger partial charge < -0.3 is 20.2 Å². The quantitative estimate of drug-likeness (QED) is 0.631. The highest BCUT2D eigenvalue weighted by Gasteiger charge is 2.09. The van der Waals surface area contributed by atoms with E-state index >= 15 is 0 Å². The van der Waals surface area contributed by atoms with Crippen molar-refractivity contribution in [2.24, 2.45) is 0 Å². The number of unbranched alkanes of at least 4 members (excludes halogenated alkanes) is 3. The van der Waals surface area contributed by atoms with E-state index in [1.807, 2.05) is 0 Å². The van der Waals surface area contributed by atoms with Crippen LogP contribution in [0.2, 0.25) is 0 Å². The number of carbonyl (C=O) groups excluding carboxylic acids is 1. The van der Waals surface area contributed by atoms with Gasteiger partial charge in [0, 0.05) is 6.54 Å². The number of nitrogens with one attached hydrogen (secondary N) is 2. The average molecular weight is 268 g/mol.